The van der Waals surface area contributed by atoms with Crippen molar-refractivity contribution in [1.82, 2.24) is 19.9 Å². The maximum absolute atomic E-state index is 5.86. The molecule has 1 aliphatic heterocycles. The Labute approximate surface area is 99.4 Å². The molecular weight excluding hydrogens is 214 g/mol. The fraction of sp³-hybridized carbons (Fsp3) is 0.333. The first kappa shape index (κ1) is 10.3. The van der Waals surface area contributed by atoms with Gasteiger partial charge in [0.25, 0.3) is 0 Å². The molecular formula is C12H15N5. The van der Waals surface area contributed by atoms with Crippen molar-refractivity contribution >= 4 is 22.4 Å². The lowest BCUT2D eigenvalue weighted by Crippen LogP contribution is -2.18. The van der Waals surface area contributed by atoms with Gasteiger partial charge in [-0.3, -0.25) is 0 Å². The van der Waals surface area contributed by atoms with Crippen molar-refractivity contribution in [3.8, 4) is 0 Å². The van der Waals surface area contributed by atoms with Crippen LogP contribution < -0.4 is 11.1 Å². The molecule has 0 aliphatic carbocycles. The summed E-state index contributed by atoms with van der Waals surface area (Å²) in [5, 5.41) is 4.30. The maximum atomic E-state index is 5.86. The van der Waals surface area contributed by atoms with Crippen LogP contribution in [0.3, 0.4) is 0 Å². The summed E-state index contributed by atoms with van der Waals surface area (Å²) in [4.78, 5) is 8.30. The van der Waals surface area contributed by atoms with Crippen molar-refractivity contribution in [2.24, 2.45) is 7.05 Å². The van der Waals surface area contributed by atoms with Crippen LogP contribution in [0.2, 0.25) is 0 Å². The van der Waals surface area contributed by atoms with Crippen LogP contribution >= 0.6 is 0 Å². The number of fused-ring (bicyclic) bond motifs is 1. The third kappa shape index (κ3) is 1.51. The van der Waals surface area contributed by atoms with Gasteiger partial charge in [-0.2, -0.15) is 0 Å². The fourth-order valence-electron chi connectivity index (χ4n) is 2.33. The average Bonchev–Trinajstić information content (AvgIpc) is 2.85. The summed E-state index contributed by atoms with van der Waals surface area (Å²) in [6.07, 6.45) is 3.74. The van der Waals surface area contributed by atoms with Crippen molar-refractivity contribution in [3.63, 3.8) is 0 Å². The van der Waals surface area contributed by atoms with E-state index in [4.69, 9.17) is 5.73 Å². The molecule has 0 fully saturated rings. The van der Waals surface area contributed by atoms with Gasteiger partial charge in [0.05, 0.1) is 5.39 Å². The molecule has 0 radical (unpaired) electrons. The van der Waals surface area contributed by atoms with Crippen LogP contribution in [0.5, 0.6) is 0 Å². The molecule has 3 heterocycles. The SMILES string of the molecule is C[C@H]1C=C(c2cc3c(N)ncnc3n2C)CN1. The van der Waals surface area contributed by atoms with Gasteiger partial charge in [0.2, 0.25) is 0 Å². The molecule has 3 rings (SSSR count). The van der Waals surface area contributed by atoms with Crippen molar-refractivity contribution < 1.29 is 0 Å². The highest BCUT2D eigenvalue weighted by Crippen LogP contribution is 2.26. The van der Waals surface area contributed by atoms with Gasteiger partial charge in [0.1, 0.15) is 17.8 Å². The molecule has 0 saturated heterocycles. The molecule has 0 unspecified atom stereocenters. The van der Waals surface area contributed by atoms with Crippen molar-refractivity contribution in [2.75, 3.05) is 12.3 Å². The zero-order chi connectivity index (χ0) is 12.0. The second kappa shape index (κ2) is 3.56. The van der Waals surface area contributed by atoms with Gasteiger partial charge >= 0.3 is 0 Å². The van der Waals surface area contributed by atoms with Gasteiger partial charge in [-0.25, -0.2) is 9.97 Å². The minimum absolute atomic E-state index is 0.423. The largest absolute Gasteiger partial charge is 0.383 e. The van der Waals surface area contributed by atoms with Crippen LogP contribution in [-0.2, 0) is 7.05 Å². The summed E-state index contributed by atoms with van der Waals surface area (Å²) in [5.74, 6) is 0.538. The normalized spacial score (nSPS) is 19.9. The van der Waals surface area contributed by atoms with E-state index in [1.54, 1.807) is 0 Å². The molecule has 3 N–H and O–H groups in total. The molecule has 0 aromatic carbocycles. The second-order valence-electron chi connectivity index (χ2n) is 4.45. The topological polar surface area (TPSA) is 68.8 Å². The Kier molecular flexibility index (Phi) is 2.16. The van der Waals surface area contributed by atoms with E-state index in [9.17, 15) is 0 Å². The molecule has 5 nitrogen and oxygen atoms in total. The summed E-state index contributed by atoms with van der Waals surface area (Å²) in [7, 11) is 2.01. The number of nitrogens with two attached hydrogens (primary N) is 1. The molecule has 88 valence electrons. The van der Waals surface area contributed by atoms with Crippen LogP contribution in [-0.4, -0.2) is 27.1 Å². The standard InChI is InChI=1S/C12H15N5/c1-7-3-8(5-14-7)10-4-9-11(13)15-6-16-12(9)17(10)2/h3-4,6-7,14H,5H2,1-2H3,(H2,13,15,16)/t7-/m0/s1. The molecule has 5 heteroatoms. The van der Waals surface area contributed by atoms with Gasteiger partial charge in [-0.15, -0.1) is 0 Å². The lowest BCUT2D eigenvalue weighted by Gasteiger charge is -2.03. The number of nitrogens with zero attached hydrogens (tertiary/aromatic N) is 3. The molecule has 0 amide bonds. The molecule has 2 aromatic heterocycles. The monoisotopic (exact) mass is 229 g/mol. The van der Waals surface area contributed by atoms with Crippen molar-refractivity contribution in [3.05, 3.63) is 24.2 Å². The van der Waals surface area contributed by atoms with Gasteiger partial charge in [-0.1, -0.05) is 6.08 Å². The smallest absolute Gasteiger partial charge is 0.145 e. The first-order valence-electron chi connectivity index (χ1n) is 5.67. The van der Waals surface area contributed by atoms with Crippen LogP contribution in [0, 0.1) is 0 Å². The van der Waals surface area contributed by atoms with E-state index in [0.29, 0.717) is 11.9 Å². The summed E-state index contributed by atoms with van der Waals surface area (Å²) in [6, 6.07) is 2.49. The molecule has 17 heavy (non-hydrogen) atoms. The van der Waals surface area contributed by atoms with E-state index in [0.717, 1.165) is 23.3 Å². The quantitative estimate of drug-likeness (QED) is 0.763. The minimum Gasteiger partial charge on any atom is -0.383 e. The first-order valence-corrected chi connectivity index (χ1v) is 5.67. The molecule has 1 atom stereocenters. The zero-order valence-corrected chi connectivity index (χ0v) is 9.94. The summed E-state index contributed by atoms with van der Waals surface area (Å²) in [5.41, 5.74) is 9.19. The number of anilines is 1. The Bertz CT molecular complexity index is 611. The molecule has 1 aliphatic rings. The highest BCUT2D eigenvalue weighted by Gasteiger charge is 2.17. The van der Waals surface area contributed by atoms with Crippen LogP contribution in [0.1, 0.15) is 12.6 Å². The van der Waals surface area contributed by atoms with Gasteiger partial charge < -0.3 is 15.6 Å². The van der Waals surface area contributed by atoms with E-state index in [2.05, 4.69) is 38.9 Å². The average molecular weight is 229 g/mol. The van der Waals surface area contributed by atoms with Crippen LogP contribution in [0.15, 0.2) is 18.5 Å². The molecule has 2 aromatic rings. The summed E-state index contributed by atoms with van der Waals surface area (Å²) >= 11 is 0. The summed E-state index contributed by atoms with van der Waals surface area (Å²) < 4.78 is 2.07. The highest BCUT2D eigenvalue weighted by atomic mass is 15.1. The Morgan fingerprint density at radius 1 is 1.47 bits per heavy atom. The number of nitrogen functional groups attached to an aromatic ring is 1. The second-order valence-corrected chi connectivity index (χ2v) is 4.45. The Balaban J connectivity index is 2.21. The molecule has 0 bridgehead atoms. The Hall–Kier alpha value is -1.88. The Morgan fingerprint density at radius 3 is 2.94 bits per heavy atom. The number of nitrogens with one attached hydrogen (secondary N) is 1. The molecule has 0 saturated carbocycles. The first-order chi connectivity index (χ1) is 8.16. The number of aryl methyl sites for hydroxylation is 1. The molecule has 0 spiro atoms. The van der Waals surface area contributed by atoms with E-state index < -0.39 is 0 Å². The minimum atomic E-state index is 0.423. The third-order valence-corrected chi connectivity index (χ3v) is 3.25. The van der Waals surface area contributed by atoms with E-state index >= 15 is 0 Å². The van der Waals surface area contributed by atoms with Crippen molar-refractivity contribution in [1.29, 1.82) is 0 Å². The maximum Gasteiger partial charge on any atom is 0.145 e. The van der Waals surface area contributed by atoms with E-state index in [-0.39, 0.29) is 0 Å². The van der Waals surface area contributed by atoms with Gasteiger partial charge in [0, 0.05) is 25.3 Å². The van der Waals surface area contributed by atoms with Crippen LogP contribution in [0.4, 0.5) is 5.82 Å². The zero-order valence-electron chi connectivity index (χ0n) is 9.94. The summed E-state index contributed by atoms with van der Waals surface area (Å²) in [6.45, 7) is 3.03. The van der Waals surface area contributed by atoms with Crippen molar-refractivity contribution in [2.45, 2.75) is 13.0 Å². The predicted octanol–water partition coefficient (Wildman–Crippen LogP) is 0.926. The number of hydrogen-bond donors (Lipinski definition) is 2. The number of rotatable bonds is 1. The van der Waals surface area contributed by atoms with E-state index in [1.807, 2.05) is 7.05 Å². The number of hydrogen-bond acceptors (Lipinski definition) is 4. The Morgan fingerprint density at radius 2 is 2.29 bits per heavy atom. The third-order valence-electron chi connectivity index (χ3n) is 3.25. The predicted molar refractivity (Wildman–Crippen MR) is 68.4 cm³/mol. The highest BCUT2D eigenvalue weighted by molar-refractivity contribution is 5.90. The number of aromatic nitrogens is 3. The van der Waals surface area contributed by atoms with Crippen LogP contribution in [0.25, 0.3) is 16.6 Å². The lowest BCUT2D eigenvalue weighted by molar-refractivity contribution is 0.727. The van der Waals surface area contributed by atoms with Gasteiger partial charge in [-0.05, 0) is 18.6 Å². The van der Waals surface area contributed by atoms with Gasteiger partial charge in [0.15, 0.2) is 0 Å². The lowest BCUT2D eigenvalue weighted by atomic mass is 10.2. The fourth-order valence-corrected chi connectivity index (χ4v) is 2.33. The van der Waals surface area contributed by atoms with E-state index in [1.165, 1.54) is 11.9 Å².